The Kier molecular flexibility index (Phi) is 7.13. The van der Waals surface area contributed by atoms with E-state index in [1.54, 1.807) is 0 Å². The van der Waals surface area contributed by atoms with Gasteiger partial charge in [0.05, 0.1) is 5.71 Å². The Labute approximate surface area is 182 Å². The van der Waals surface area contributed by atoms with Gasteiger partial charge in [-0.25, -0.2) is 5.43 Å². The molecule has 0 fully saturated rings. The normalized spacial score (nSPS) is 15.8. The first-order valence-corrected chi connectivity index (χ1v) is 10.1. The van der Waals surface area contributed by atoms with E-state index in [4.69, 9.17) is 23.2 Å². The molecular weight excluding hydrogens is 403 g/mol. The molecule has 1 aliphatic heterocycles. The summed E-state index contributed by atoms with van der Waals surface area (Å²) in [5, 5.41) is 9.21. The summed E-state index contributed by atoms with van der Waals surface area (Å²) in [6.45, 7) is 5.97. The van der Waals surface area contributed by atoms with Gasteiger partial charge in [-0.05, 0) is 47.5 Å². The number of rotatable bonds is 5. The van der Waals surface area contributed by atoms with Crippen molar-refractivity contribution in [2.24, 2.45) is 15.5 Å². The lowest BCUT2D eigenvalue weighted by Gasteiger charge is -2.28. The molecule has 2 aromatic carbocycles. The molecule has 3 rings (SSSR count). The summed E-state index contributed by atoms with van der Waals surface area (Å²) >= 11 is 11.9. The third kappa shape index (κ3) is 7.08. The largest absolute Gasteiger partial charge is 0.354 e. The van der Waals surface area contributed by atoms with Crippen molar-refractivity contribution in [2.45, 2.75) is 13.8 Å². The number of aliphatic imine (C=N–C) groups is 1. The third-order valence-corrected chi connectivity index (χ3v) is 4.83. The molecule has 1 heterocycles. The van der Waals surface area contributed by atoms with Crippen molar-refractivity contribution in [3.63, 3.8) is 0 Å². The molecular formula is C23H24Cl2N4. The Balaban J connectivity index is 1.77. The van der Waals surface area contributed by atoms with E-state index >= 15 is 0 Å². The minimum Gasteiger partial charge on any atom is -0.354 e. The van der Waals surface area contributed by atoms with Gasteiger partial charge in [-0.1, -0.05) is 73.5 Å². The van der Waals surface area contributed by atoms with Crippen LogP contribution in [0.3, 0.4) is 0 Å². The summed E-state index contributed by atoms with van der Waals surface area (Å²) in [6, 6.07) is 15.3. The van der Waals surface area contributed by atoms with Crippen LogP contribution in [0.4, 0.5) is 0 Å². The maximum atomic E-state index is 5.96. The summed E-state index contributed by atoms with van der Waals surface area (Å²) in [6.07, 6.45) is 7.86. The minimum absolute atomic E-state index is 0.153. The molecule has 0 atom stereocenters. The highest BCUT2D eigenvalue weighted by atomic mass is 35.5. The molecule has 0 aliphatic carbocycles. The molecule has 2 aromatic rings. The van der Waals surface area contributed by atoms with Crippen molar-refractivity contribution in [1.29, 1.82) is 0 Å². The van der Waals surface area contributed by atoms with Gasteiger partial charge in [-0.2, -0.15) is 5.10 Å². The maximum Gasteiger partial charge on any atom is 0.212 e. The minimum atomic E-state index is 0.153. The van der Waals surface area contributed by atoms with E-state index in [1.807, 2.05) is 72.8 Å². The van der Waals surface area contributed by atoms with Crippen molar-refractivity contribution in [2.75, 3.05) is 13.1 Å². The summed E-state index contributed by atoms with van der Waals surface area (Å²) in [7, 11) is 0. The zero-order chi connectivity index (χ0) is 20.7. The van der Waals surface area contributed by atoms with Crippen LogP contribution in [-0.2, 0) is 0 Å². The fourth-order valence-corrected chi connectivity index (χ4v) is 2.81. The molecule has 6 heteroatoms. The molecule has 2 N–H and O–H groups in total. The van der Waals surface area contributed by atoms with Crippen LogP contribution >= 0.6 is 23.2 Å². The first-order valence-electron chi connectivity index (χ1n) is 9.39. The van der Waals surface area contributed by atoms with Crippen LogP contribution in [0.5, 0.6) is 0 Å². The van der Waals surface area contributed by atoms with Gasteiger partial charge in [0.2, 0.25) is 5.96 Å². The molecule has 0 saturated carbocycles. The lowest BCUT2D eigenvalue weighted by Crippen LogP contribution is -2.46. The first-order chi connectivity index (χ1) is 13.9. The molecule has 0 amide bonds. The molecule has 4 nitrogen and oxygen atoms in total. The number of hydrazone groups is 1. The number of hydrogen-bond acceptors (Lipinski definition) is 4. The Morgan fingerprint density at radius 3 is 1.93 bits per heavy atom. The number of halogens is 2. The topological polar surface area (TPSA) is 48.8 Å². The summed E-state index contributed by atoms with van der Waals surface area (Å²) < 4.78 is 0. The van der Waals surface area contributed by atoms with E-state index < -0.39 is 0 Å². The molecule has 0 unspecified atom stereocenters. The van der Waals surface area contributed by atoms with E-state index in [2.05, 4.69) is 34.7 Å². The van der Waals surface area contributed by atoms with Crippen LogP contribution in [0.1, 0.15) is 25.0 Å². The van der Waals surface area contributed by atoms with Crippen molar-refractivity contribution < 1.29 is 0 Å². The van der Waals surface area contributed by atoms with E-state index in [9.17, 15) is 0 Å². The van der Waals surface area contributed by atoms with Gasteiger partial charge in [-0.15, -0.1) is 0 Å². The standard InChI is InChI=1S/C23H24Cl2N4/c1-23(2)15-26-22(27-16-23)29-28-21(13-7-17-3-9-19(24)10-4-17)14-8-18-5-11-20(25)12-6-18/h3-14H,15-16H2,1-2H3,(H2,26,27,29). The molecule has 29 heavy (non-hydrogen) atoms. The summed E-state index contributed by atoms with van der Waals surface area (Å²) in [5.74, 6) is 0.682. The predicted octanol–water partition coefficient (Wildman–Crippen LogP) is 5.65. The summed E-state index contributed by atoms with van der Waals surface area (Å²) in [4.78, 5) is 4.52. The van der Waals surface area contributed by atoms with Gasteiger partial charge in [0.1, 0.15) is 0 Å². The Morgan fingerprint density at radius 2 is 1.48 bits per heavy atom. The van der Waals surface area contributed by atoms with Crippen LogP contribution in [0, 0.1) is 5.41 Å². The molecule has 150 valence electrons. The van der Waals surface area contributed by atoms with Crippen molar-refractivity contribution in [3.8, 4) is 0 Å². The maximum absolute atomic E-state index is 5.96. The highest BCUT2D eigenvalue weighted by molar-refractivity contribution is 6.30. The lowest BCUT2D eigenvalue weighted by molar-refractivity contribution is 0.358. The highest BCUT2D eigenvalue weighted by Gasteiger charge is 2.21. The number of hydrogen-bond donors (Lipinski definition) is 2. The van der Waals surface area contributed by atoms with Gasteiger partial charge >= 0.3 is 0 Å². The number of allylic oxidation sites excluding steroid dienone is 2. The van der Waals surface area contributed by atoms with Crippen LogP contribution in [-0.4, -0.2) is 24.8 Å². The van der Waals surface area contributed by atoms with Gasteiger partial charge in [0.15, 0.2) is 0 Å². The second kappa shape index (κ2) is 9.77. The van der Waals surface area contributed by atoms with Crippen molar-refractivity contribution in [3.05, 3.63) is 81.9 Å². The molecule has 0 bridgehead atoms. The fourth-order valence-electron chi connectivity index (χ4n) is 2.56. The molecule has 0 radical (unpaired) electrons. The van der Waals surface area contributed by atoms with Gasteiger partial charge in [0, 0.05) is 28.5 Å². The van der Waals surface area contributed by atoms with Gasteiger partial charge in [0.25, 0.3) is 0 Å². The van der Waals surface area contributed by atoms with Crippen molar-refractivity contribution >= 4 is 47.0 Å². The molecule has 0 saturated heterocycles. The number of guanidine groups is 1. The number of nitrogens with one attached hydrogen (secondary N) is 2. The monoisotopic (exact) mass is 426 g/mol. The molecule has 0 spiro atoms. The van der Waals surface area contributed by atoms with Crippen LogP contribution in [0.25, 0.3) is 12.2 Å². The average molecular weight is 427 g/mol. The zero-order valence-electron chi connectivity index (χ0n) is 16.5. The van der Waals surface area contributed by atoms with E-state index in [0.29, 0.717) is 16.0 Å². The van der Waals surface area contributed by atoms with E-state index in [0.717, 1.165) is 29.9 Å². The van der Waals surface area contributed by atoms with E-state index in [-0.39, 0.29) is 5.41 Å². The second-order valence-corrected chi connectivity index (χ2v) is 8.47. The van der Waals surface area contributed by atoms with Crippen molar-refractivity contribution in [1.82, 2.24) is 10.7 Å². The fraction of sp³-hybridized carbons (Fsp3) is 0.217. The number of benzene rings is 2. The zero-order valence-corrected chi connectivity index (χ0v) is 18.0. The van der Waals surface area contributed by atoms with E-state index in [1.165, 1.54) is 0 Å². The van der Waals surface area contributed by atoms with Crippen LogP contribution in [0.2, 0.25) is 10.0 Å². The molecule has 1 aliphatic rings. The third-order valence-electron chi connectivity index (χ3n) is 4.32. The highest BCUT2D eigenvalue weighted by Crippen LogP contribution is 2.16. The second-order valence-electron chi connectivity index (χ2n) is 7.60. The van der Waals surface area contributed by atoms with Crippen LogP contribution < -0.4 is 10.7 Å². The molecule has 0 aromatic heterocycles. The SMILES string of the molecule is CC1(C)CN=C(NN=C(C=Cc2ccc(Cl)cc2)C=Cc2ccc(Cl)cc2)NC1. The predicted molar refractivity (Wildman–Crippen MR) is 126 cm³/mol. The smallest absolute Gasteiger partial charge is 0.212 e. The van der Waals surface area contributed by atoms with Gasteiger partial charge in [-0.3, -0.25) is 4.99 Å². The average Bonchev–Trinajstić information content (AvgIpc) is 2.71. The Hall–Kier alpha value is -2.56. The Bertz CT molecular complexity index is 882. The lowest BCUT2D eigenvalue weighted by atomic mass is 9.93. The number of nitrogens with zero attached hydrogens (tertiary/aromatic N) is 2. The quantitative estimate of drug-likeness (QED) is 0.479. The van der Waals surface area contributed by atoms with Crippen LogP contribution in [0.15, 0.2) is 70.8 Å². The summed E-state index contributed by atoms with van der Waals surface area (Å²) in [5.41, 5.74) is 6.02. The first kappa shape index (κ1) is 21.2. The van der Waals surface area contributed by atoms with Gasteiger partial charge < -0.3 is 5.32 Å². The Morgan fingerprint density at radius 1 is 0.966 bits per heavy atom.